The number of aryl methyl sites for hydroxylation is 4. The Morgan fingerprint density at radius 1 is 1.11 bits per heavy atom. The van der Waals surface area contributed by atoms with Gasteiger partial charge in [0.2, 0.25) is 0 Å². The molecule has 8 heteroatoms. The normalized spacial score (nSPS) is 15.8. The lowest BCUT2D eigenvalue weighted by Crippen LogP contribution is -2.12. The molecule has 0 saturated heterocycles. The fourth-order valence-electron chi connectivity index (χ4n) is 5.63. The zero-order chi connectivity index (χ0) is 25.5. The molecular weight excluding hydrogens is 462 g/mol. The summed E-state index contributed by atoms with van der Waals surface area (Å²) >= 11 is 0. The number of nitrogens with zero attached hydrogens (tertiary/aromatic N) is 6. The number of rotatable bonds is 7. The van der Waals surface area contributed by atoms with E-state index in [-0.39, 0.29) is 12.1 Å². The number of hydrogen-bond donors (Lipinski definition) is 2. The van der Waals surface area contributed by atoms with Gasteiger partial charge in [0, 0.05) is 17.7 Å². The number of aliphatic hydroxyl groups excluding tert-OH is 1. The Balaban J connectivity index is 1.41. The van der Waals surface area contributed by atoms with E-state index >= 15 is 0 Å². The second-order valence-corrected chi connectivity index (χ2v) is 10.0. The maximum atomic E-state index is 9.79. The Morgan fingerprint density at radius 2 is 1.95 bits per heavy atom. The molecule has 6 rings (SSSR count). The van der Waals surface area contributed by atoms with Gasteiger partial charge in [-0.25, -0.2) is 15.1 Å². The maximum absolute atomic E-state index is 9.79. The molecule has 1 aliphatic rings. The Morgan fingerprint density at radius 3 is 2.70 bits per heavy atom. The van der Waals surface area contributed by atoms with E-state index in [1.54, 1.807) is 0 Å². The molecule has 188 valence electrons. The van der Waals surface area contributed by atoms with Crippen LogP contribution in [-0.2, 0) is 19.3 Å². The van der Waals surface area contributed by atoms with Gasteiger partial charge in [-0.1, -0.05) is 49.4 Å². The van der Waals surface area contributed by atoms with Gasteiger partial charge in [-0.05, 0) is 83.8 Å². The maximum Gasteiger partial charge on any atom is 0.180 e. The van der Waals surface area contributed by atoms with E-state index < -0.39 is 0 Å². The lowest BCUT2D eigenvalue weighted by atomic mass is 9.96. The number of H-pyrrole nitrogens is 1. The van der Waals surface area contributed by atoms with Crippen molar-refractivity contribution >= 4 is 11.2 Å². The molecule has 5 aromatic rings. The van der Waals surface area contributed by atoms with Gasteiger partial charge in [0.05, 0.1) is 12.1 Å². The van der Waals surface area contributed by atoms with Crippen molar-refractivity contribution < 1.29 is 5.11 Å². The van der Waals surface area contributed by atoms with Gasteiger partial charge in [-0.2, -0.15) is 0 Å². The molecule has 0 saturated carbocycles. The van der Waals surface area contributed by atoms with Gasteiger partial charge in [0.15, 0.2) is 11.5 Å². The van der Waals surface area contributed by atoms with E-state index in [9.17, 15) is 5.11 Å². The highest BCUT2D eigenvalue weighted by Gasteiger charge is 2.29. The van der Waals surface area contributed by atoms with Crippen LogP contribution in [0.4, 0.5) is 0 Å². The number of pyridine rings is 1. The van der Waals surface area contributed by atoms with E-state index in [1.165, 1.54) is 11.1 Å². The van der Waals surface area contributed by atoms with Crippen molar-refractivity contribution in [1.29, 1.82) is 0 Å². The summed E-state index contributed by atoms with van der Waals surface area (Å²) in [5, 5.41) is 24.3. The number of nitrogens with one attached hydrogen (secondary N) is 1. The molecule has 0 aliphatic heterocycles. The average molecular weight is 494 g/mol. The molecule has 2 atom stereocenters. The van der Waals surface area contributed by atoms with E-state index in [0.717, 1.165) is 70.6 Å². The first-order valence-electron chi connectivity index (χ1n) is 13.0. The minimum atomic E-state index is -0.338. The highest BCUT2D eigenvalue weighted by molar-refractivity contribution is 5.81. The monoisotopic (exact) mass is 493 g/mol. The van der Waals surface area contributed by atoms with Crippen molar-refractivity contribution in [1.82, 2.24) is 35.2 Å². The molecule has 2 aromatic carbocycles. The number of tetrazole rings is 1. The zero-order valence-corrected chi connectivity index (χ0v) is 21.4. The summed E-state index contributed by atoms with van der Waals surface area (Å²) in [4.78, 5) is 10.1. The largest absolute Gasteiger partial charge is 0.393 e. The van der Waals surface area contributed by atoms with Crippen molar-refractivity contribution in [3.05, 3.63) is 76.7 Å². The summed E-state index contributed by atoms with van der Waals surface area (Å²) in [6, 6.07) is 17.3. The summed E-state index contributed by atoms with van der Waals surface area (Å²) in [5.41, 5.74) is 10.1. The second-order valence-electron chi connectivity index (χ2n) is 10.0. The van der Waals surface area contributed by atoms with Crippen LogP contribution in [0.5, 0.6) is 0 Å². The quantitative estimate of drug-likeness (QED) is 0.331. The molecule has 37 heavy (non-hydrogen) atoms. The van der Waals surface area contributed by atoms with Gasteiger partial charge < -0.3 is 9.67 Å². The van der Waals surface area contributed by atoms with Gasteiger partial charge in [-0.15, -0.1) is 5.10 Å². The SMILES string of the molecule is CCc1nc2c(C)cc(CCC(C)O)nc2n1C1CCc2cc(-c3ccccc3-c3nnn[nH]3)ccc21. The number of aromatic amines is 1. The molecule has 0 bridgehead atoms. The summed E-state index contributed by atoms with van der Waals surface area (Å²) in [6.45, 7) is 6.11. The topological polar surface area (TPSA) is 105 Å². The number of benzene rings is 2. The molecule has 3 aromatic heterocycles. The van der Waals surface area contributed by atoms with E-state index in [2.05, 4.69) is 69.4 Å². The Hall–Kier alpha value is -3.91. The fraction of sp³-hybridized carbons (Fsp3) is 0.345. The second kappa shape index (κ2) is 9.52. The molecule has 0 amide bonds. The number of imidazole rings is 1. The fourth-order valence-corrected chi connectivity index (χ4v) is 5.63. The zero-order valence-electron chi connectivity index (χ0n) is 21.4. The minimum Gasteiger partial charge on any atom is -0.393 e. The highest BCUT2D eigenvalue weighted by Crippen LogP contribution is 2.40. The van der Waals surface area contributed by atoms with Crippen molar-refractivity contribution in [3.63, 3.8) is 0 Å². The standard InChI is InChI=1S/C29H31N7O/c1-4-26-31-27-17(2)15-21(12-9-18(3)37)30-29(27)36(26)25-14-11-20-16-19(10-13-23(20)25)22-7-5-6-8-24(22)28-32-34-35-33-28/h5-8,10,13,15-16,18,25,37H,4,9,11-12,14H2,1-3H3,(H,32,33,34,35). The minimum absolute atomic E-state index is 0.205. The number of aromatic nitrogens is 7. The lowest BCUT2D eigenvalue weighted by molar-refractivity contribution is 0.184. The van der Waals surface area contributed by atoms with Crippen LogP contribution >= 0.6 is 0 Å². The first-order chi connectivity index (χ1) is 18.0. The third-order valence-corrected chi connectivity index (χ3v) is 7.44. The van der Waals surface area contributed by atoms with Crippen molar-refractivity contribution in [2.45, 2.75) is 65.0 Å². The Labute approximate surface area is 215 Å². The van der Waals surface area contributed by atoms with Crippen LogP contribution in [0, 0.1) is 6.92 Å². The van der Waals surface area contributed by atoms with Gasteiger partial charge in [0.1, 0.15) is 11.3 Å². The predicted molar refractivity (Wildman–Crippen MR) is 143 cm³/mol. The van der Waals surface area contributed by atoms with Crippen LogP contribution in [0.1, 0.15) is 60.9 Å². The molecule has 0 fully saturated rings. The number of hydrogen-bond acceptors (Lipinski definition) is 6. The smallest absolute Gasteiger partial charge is 0.180 e. The third kappa shape index (κ3) is 4.21. The molecule has 2 unspecified atom stereocenters. The van der Waals surface area contributed by atoms with Crippen molar-refractivity contribution in [3.8, 4) is 22.5 Å². The molecular formula is C29H31N7O. The van der Waals surface area contributed by atoms with Gasteiger partial charge in [0.25, 0.3) is 0 Å². The average Bonchev–Trinajstić information content (AvgIpc) is 3.65. The van der Waals surface area contributed by atoms with E-state index in [1.807, 2.05) is 25.1 Å². The molecule has 1 aliphatic carbocycles. The van der Waals surface area contributed by atoms with Crippen LogP contribution in [-0.4, -0.2) is 46.4 Å². The molecule has 8 nitrogen and oxygen atoms in total. The molecule has 3 heterocycles. The summed E-state index contributed by atoms with van der Waals surface area (Å²) in [7, 11) is 0. The van der Waals surface area contributed by atoms with Crippen LogP contribution in [0.2, 0.25) is 0 Å². The molecule has 0 radical (unpaired) electrons. The summed E-state index contributed by atoms with van der Waals surface area (Å²) < 4.78 is 2.37. The number of fused-ring (bicyclic) bond motifs is 2. The van der Waals surface area contributed by atoms with Gasteiger partial charge >= 0.3 is 0 Å². The van der Waals surface area contributed by atoms with Crippen molar-refractivity contribution in [2.24, 2.45) is 0 Å². The molecule has 2 N–H and O–H groups in total. The Bertz CT molecular complexity index is 1570. The summed E-state index contributed by atoms with van der Waals surface area (Å²) in [5.74, 6) is 1.74. The lowest BCUT2D eigenvalue weighted by Gasteiger charge is -2.18. The van der Waals surface area contributed by atoms with Crippen LogP contribution in [0.25, 0.3) is 33.7 Å². The van der Waals surface area contributed by atoms with E-state index in [0.29, 0.717) is 12.2 Å². The van der Waals surface area contributed by atoms with Crippen LogP contribution in [0.15, 0.2) is 48.5 Å². The first-order valence-corrected chi connectivity index (χ1v) is 13.0. The molecule has 0 spiro atoms. The van der Waals surface area contributed by atoms with Crippen LogP contribution < -0.4 is 0 Å². The number of aliphatic hydroxyl groups is 1. The summed E-state index contributed by atoms with van der Waals surface area (Å²) in [6.07, 6.45) is 3.99. The van der Waals surface area contributed by atoms with Crippen LogP contribution in [0.3, 0.4) is 0 Å². The first kappa shape index (κ1) is 23.5. The van der Waals surface area contributed by atoms with Gasteiger partial charge in [-0.3, -0.25) is 0 Å². The highest BCUT2D eigenvalue weighted by atomic mass is 16.3. The third-order valence-electron chi connectivity index (χ3n) is 7.44. The predicted octanol–water partition coefficient (Wildman–Crippen LogP) is 5.00. The van der Waals surface area contributed by atoms with Crippen molar-refractivity contribution in [2.75, 3.05) is 0 Å². The van der Waals surface area contributed by atoms with E-state index in [4.69, 9.17) is 9.97 Å². The Kier molecular flexibility index (Phi) is 6.04.